The summed E-state index contributed by atoms with van der Waals surface area (Å²) in [4.78, 5) is 2.56. The van der Waals surface area contributed by atoms with Crippen LogP contribution in [0.1, 0.15) is 46.0 Å². The zero-order valence-corrected chi connectivity index (χ0v) is 12.6. The predicted octanol–water partition coefficient (Wildman–Crippen LogP) is 1.77. The van der Waals surface area contributed by atoms with Crippen LogP contribution >= 0.6 is 0 Å². The van der Waals surface area contributed by atoms with Gasteiger partial charge in [-0.2, -0.15) is 0 Å². The molecule has 3 atom stereocenters. The average Bonchev–Trinajstić information content (AvgIpc) is 2.97. The molecule has 0 aromatic carbocycles. The van der Waals surface area contributed by atoms with Crippen molar-refractivity contribution in [3.05, 3.63) is 0 Å². The molecule has 0 aromatic rings. The van der Waals surface area contributed by atoms with Crippen LogP contribution in [0.15, 0.2) is 0 Å². The molecule has 4 heteroatoms. The summed E-state index contributed by atoms with van der Waals surface area (Å²) in [5, 5.41) is 0. The molecule has 2 aliphatic heterocycles. The minimum Gasteiger partial charge on any atom is -0.378 e. The molecule has 0 radical (unpaired) electrons. The fraction of sp³-hybridized carbons (Fsp3) is 1.00. The maximum absolute atomic E-state index is 6.17. The molecule has 19 heavy (non-hydrogen) atoms. The largest absolute Gasteiger partial charge is 0.378 e. The molecule has 2 aliphatic rings. The van der Waals surface area contributed by atoms with Crippen LogP contribution in [0.2, 0.25) is 0 Å². The van der Waals surface area contributed by atoms with E-state index in [1.807, 2.05) is 0 Å². The maximum atomic E-state index is 6.17. The fourth-order valence-corrected chi connectivity index (χ4v) is 3.56. The molecular weight excluding hydrogens is 240 g/mol. The lowest BCUT2D eigenvalue weighted by Crippen LogP contribution is -2.59. The van der Waals surface area contributed by atoms with Gasteiger partial charge in [0.2, 0.25) is 0 Å². The zero-order valence-electron chi connectivity index (χ0n) is 12.6. The van der Waals surface area contributed by atoms with Crippen LogP contribution in [0.5, 0.6) is 0 Å². The third-order valence-electron chi connectivity index (χ3n) is 4.86. The third kappa shape index (κ3) is 3.48. The fourth-order valence-electron chi connectivity index (χ4n) is 3.56. The molecular formula is C15H30N2O2. The van der Waals surface area contributed by atoms with Crippen LogP contribution in [-0.2, 0) is 9.47 Å². The van der Waals surface area contributed by atoms with Crippen molar-refractivity contribution in [3.63, 3.8) is 0 Å². The second-order valence-electron chi connectivity index (χ2n) is 5.96. The smallest absolute Gasteiger partial charge is 0.0703 e. The molecule has 2 N–H and O–H groups in total. The standard InChI is InChI=1S/C15H30N2O2/c1-3-13-10-15(12-16,7-9-19-13)17(4-2)11-14-6-5-8-18-14/h13-14H,3-12,16H2,1-2H3. The minimum atomic E-state index is 0.125. The first-order chi connectivity index (χ1) is 9.24. The predicted molar refractivity (Wildman–Crippen MR) is 77.3 cm³/mol. The van der Waals surface area contributed by atoms with Gasteiger partial charge >= 0.3 is 0 Å². The zero-order chi connectivity index (χ0) is 13.7. The van der Waals surface area contributed by atoms with E-state index in [1.54, 1.807) is 0 Å². The van der Waals surface area contributed by atoms with E-state index in [0.717, 1.165) is 52.1 Å². The average molecular weight is 270 g/mol. The van der Waals surface area contributed by atoms with Crippen LogP contribution < -0.4 is 5.73 Å². The molecule has 112 valence electrons. The van der Waals surface area contributed by atoms with Gasteiger partial charge < -0.3 is 15.2 Å². The molecule has 0 saturated carbocycles. The molecule has 0 spiro atoms. The second kappa shape index (κ2) is 7.02. The molecule has 0 aliphatic carbocycles. The minimum absolute atomic E-state index is 0.125. The molecule has 0 amide bonds. The van der Waals surface area contributed by atoms with Crippen molar-refractivity contribution in [2.45, 2.75) is 63.7 Å². The first kappa shape index (κ1) is 15.2. The maximum Gasteiger partial charge on any atom is 0.0703 e. The van der Waals surface area contributed by atoms with Gasteiger partial charge in [-0.1, -0.05) is 13.8 Å². The Balaban J connectivity index is 2.02. The second-order valence-corrected chi connectivity index (χ2v) is 5.96. The number of rotatable bonds is 6. The number of nitrogens with two attached hydrogens (primary N) is 1. The van der Waals surface area contributed by atoms with Crippen LogP contribution in [0.25, 0.3) is 0 Å². The topological polar surface area (TPSA) is 47.7 Å². The van der Waals surface area contributed by atoms with E-state index in [-0.39, 0.29) is 5.54 Å². The highest BCUT2D eigenvalue weighted by molar-refractivity contribution is 4.97. The Bertz CT molecular complexity index is 269. The Hall–Kier alpha value is -0.160. The van der Waals surface area contributed by atoms with Gasteiger partial charge in [0.15, 0.2) is 0 Å². The summed E-state index contributed by atoms with van der Waals surface area (Å²) >= 11 is 0. The van der Waals surface area contributed by atoms with E-state index < -0.39 is 0 Å². The summed E-state index contributed by atoms with van der Waals surface area (Å²) in [7, 11) is 0. The van der Waals surface area contributed by atoms with Crippen molar-refractivity contribution in [2.24, 2.45) is 5.73 Å². The Morgan fingerprint density at radius 3 is 2.58 bits per heavy atom. The molecule has 2 saturated heterocycles. The summed E-state index contributed by atoms with van der Waals surface area (Å²) in [6.07, 6.45) is 6.39. The third-order valence-corrected chi connectivity index (χ3v) is 4.86. The monoisotopic (exact) mass is 270 g/mol. The SMILES string of the molecule is CCC1CC(CN)(N(CC)CC2CCCO2)CCO1. The van der Waals surface area contributed by atoms with Crippen LogP contribution in [-0.4, -0.2) is 55.5 Å². The Morgan fingerprint density at radius 2 is 2.00 bits per heavy atom. The first-order valence-electron chi connectivity index (χ1n) is 7.92. The normalized spacial score (nSPS) is 36.0. The number of likely N-dealkylation sites (N-methyl/N-ethyl adjacent to an activating group) is 1. The van der Waals surface area contributed by atoms with Crippen molar-refractivity contribution in [1.82, 2.24) is 4.90 Å². The Labute approximate surface area is 117 Å². The van der Waals surface area contributed by atoms with Gasteiger partial charge in [-0.15, -0.1) is 0 Å². The Kier molecular flexibility index (Phi) is 5.63. The van der Waals surface area contributed by atoms with Crippen molar-refractivity contribution in [2.75, 3.05) is 32.8 Å². The van der Waals surface area contributed by atoms with E-state index in [4.69, 9.17) is 15.2 Å². The van der Waals surface area contributed by atoms with Gasteiger partial charge in [0.25, 0.3) is 0 Å². The molecule has 0 aromatic heterocycles. The van der Waals surface area contributed by atoms with Crippen LogP contribution in [0.4, 0.5) is 0 Å². The summed E-state index contributed by atoms with van der Waals surface area (Å²) < 4.78 is 11.6. The summed E-state index contributed by atoms with van der Waals surface area (Å²) in [6, 6.07) is 0. The quantitative estimate of drug-likeness (QED) is 0.799. The molecule has 2 heterocycles. The molecule has 0 bridgehead atoms. The Morgan fingerprint density at radius 1 is 1.21 bits per heavy atom. The van der Waals surface area contributed by atoms with Gasteiger partial charge in [-0.05, 0) is 38.6 Å². The molecule has 2 rings (SSSR count). The van der Waals surface area contributed by atoms with Crippen LogP contribution in [0.3, 0.4) is 0 Å². The van der Waals surface area contributed by atoms with E-state index in [9.17, 15) is 0 Å². The molecule has 3 unspecified atom stereocenters. The number of hydrogen-bond donors (Lipinski definition) is 1. The van der Waals surface area contributed by atoms with Gasteiger partial charge in [-0.3, -0.25) is 4.90 Å². The lowest BCUT2D eigenvalue weighted by molar-refractivity contribution is -0.0808. The lowest BCUT2D eigenvalue weighted by atomic mass is 9.83. The van der Waals surface area contributed by atoms with Crippen molar-refractivity contribution in [1.29, 1.82) is 0 Å². The van der Waals surface area contributed by atoms with Crippen molar-refractivity contribution < 1.29 is 9.47 Å². The van der Waals surface area contributed by atoms with Crippen LogP contribution in [0, 0.1) is 0 Å². The van der Waals surface area contributed by atoms with E-state index in [1.165, 1.54) is 12.8 Å². The highest BCUT2D eigenvalue weighted by Crippen LogP contribution is 2.32. The van der Waals surface area contributed by atoms with E-state index >= 15 is 0 Å². The number of ether oxygens (including phenoxy) is 2. The lowest BCUT2D eigenvalue weighted by Gasteiger charge is -2.48. The van der Waals surface area contributed by atoms with Gasteiger partial charge in [-0.25, -0.2) is 0 Å². The van der Waals surface area contributed by atoms with Crippen molar-refractivity contribution in [3.8, 4) is 0 Å². The van der Waals surface area contributed by atoms with Gasteiger partial charge in [0, 0.05) is 31.8 Å². The van der Waals surface area contributed by atoms with Crippen molar-refractivity contribution >= 4 is 0 Å². The summed E-state index contributed by atoms with van der Waals surface area (Å²) in [5.74, 6) is 0. The van der Waals surface area contributed by atoms with Gasteiger partial charge in [0.1, 0.15) is 0 Å². The summed E-state index contributed by atoms with van der Waals surface area (Å²) in [6.45, 7) is 9.03. The molecule has 4 nitrogen and oxygen atoms in total. The highest BCUT2D eigenvalue weighted by Gasteiger charge is 2.40. The number of hydrogen-bond acceptors (Lipinski definition) is 4. The summed E-state index contributed by atoms with van der Waals surface area (Å²) in [5.41, 5.74) is 6.29. The number of nitrogens with zero attached hydrogens (tertiary/aromatic N) is 1. The molecule has 2 fully saturated rings. The van der Waals surface area contributed by atoms with E-state index in [0.29, 0.717) is 12.2 Å². The van der Waals surface area contributed by atoms with Gasteiger partial charge in [0.05, 0.1) is 12.2 Å². The van der Waals surface area contributed by atoms with E-state index in [2.05, 4.69) is 18.7 Å². The first-order valence-corrected chi connectivity index (χ1v) is 7.92. The highest BCUT2D eigenvalue weighted by atomic mass is 16.5.